The van der Waals surface area contributed by atoms with E-state index in [2.05, 4.69) is 10.6 Å². The minimum atomic E-state index is -0.315. The topological polar surface area (TPSA) is 80.2 Å². The molecular weight excluding hydrogens is 342 g/mol. The van der Waals surface area contributed by atoms with Gasteiger partial charge in [0, 0.05) is 30.1 Å². The highest BCUT2D eigenvalue weighted by Gasteiger charge is 2.07. The van der Waals surface area contributed by atoms with E-state index in [1.165, 1.54) is 10.6 Å². The van der Waals surface area contributed by atoms with Crippen molar-refractivity contribution in [2.75, 3.05) is 5.32 Å². The van der Waals surface area contributed by atoms with Crippen LogP contribution in [-0.4, -0.2) is 16.4 Å². The molecule has 0 unspecified atom stereocenters. The highest BCUT2D eigenvalue weighted by atomic mass is 16.2. The summed E-state index contributed by atoms with van der Waals surface area (Å²) >= 11 is 0. The molecule has 0 spiro atoms. The summed E-state index contributed by atoms with van der Waals surface area (Å²) in [7, 11) is 0. The van der Waals surface area contributed by atoms with Crippen molar-refractivity contribution >= 4 is 17.5 Å². The van der Waals surface area contributed by atoms with Gasteiger partial charge in [0.25, 0.3) is 11.5 Å². The minimum Gasteiger partial charge on any atom is -0.348 e. The molecule has 136 valence electrons. The lowest BCUT2D eigenvalue weighted by Gasteiger charge is -2.09. The van der Waals surface area contributed by atoms with Crippen molar-refractivity contribution in [3.63, 3.8) is 0 Å². The van der Waals surface area contributed by atoms with Crippen LogP contribution in [0, 0.1) is 0 Å². The third kappa shape index (κ3) is 5.15. The maximum Gasteiger partial charge on any atom is 0.251 e. The normalized spacial score (nSPS) is 10.2. The van der Waals surface area contributed by atoms with Gasteiger partial charge in [0.15, 0.2) is 0 Å². The summed E-state index contributed by atoms with van der Waals surface area (Å²) in [5.41, 5.74) is 1.84. The number of amides is 2. The Morgan fingerprint density at radius 2 is 1.56 bits per heavy atom. The predicted octanol–water partition coefficient (Wildman–Crippen LogP) is 2.42. The molecule has 0 bridgehead atoms. The van der Waals surface area contributed by atoms with E-state index in [0.717, 1.165) is 5.56 Å². The van der Waals surface area contributed by atoms with Gasteiger partial charge < -0.3 is 15.2 Å². The fourth-order valence-corrected chi connectivity index (χ4v) is 2.53. The summed E-state index contributed by atoms with van der Waals surface area (Å²) < 4.78 is 1.32. The molecule has 2 amide bonds. The van der Waals surface area contributed by atoms with E-state index in [0.29, 0.717) is 17.8 Å². The first-order chi connectivity index (χ1) is 13.1. The van der Waals surface area contributed by atoms with Gasteiger partial charge in [0.05, 0.1) is 0 Å². The standard InChI is InChI=1S/C21H19N3O3/c25-19(15-24-13-5-4-8-20(24)26)23-18-11-9-17(10-12-18)21(27)22-14-16-6-2-1-3-7-16/h1-13H,14-15H2,(H,22,27)(H,23,25). The molecule has 3 rings (SSSR count). The third-order valence-corrected chi connectivity index (χ3v) is 3.94. The molecule has 6 heteroatoms. The van der Waals surface area contributed by atoms with Crippen molar-refractivity contribution in [2.24, 2.45) is 0 Å². The zero-order valence-electron chi connectivity index (χ0n) is 14.6. The largest absolute Gasteiger partial charge is 0.348 e. The first-order valence-electron chi connectivity index (χ1n) is 8.49. The number of aromatic nitrogens is 1. The van der Waals surface area contributed by atoms with Crippen molar-refractivity contribution in [1.29, 1.82) is 0 Å². The van der Waals surface area contributed by atoms with E-state index < -0.39 is 0 Å². The molecule has 0 aliphatic carbocycles. The van der Waals surface area contributed by atoms with Gasteiger partial charge in [-0.1, -0.05) is 36.4 Å². The molecule has 27 heavy (non-hydrogen) atoms. The monoisotopic (exact) mass is 361 g/mol. The maximum absolute atomic E-state index is 12.2. The average Bonchev–Trinajstić information content (AvgIpc) is 2.69. The van der Waals surface area contributed by atoms with Crippen LogP contribution in [0.4, 0.5) is 5.69 Å². The minimum absolute atomic E-state index is 0.0704. The van der Waals surface area contributed by atoms with E-state index in [-0.39, 0.29) is 23.9 Å². The smallest absolute Gasteiger partial charge is 0.251 e. The molecular formula is C21H19N3O3. The van der Waals surface area contributed by atoms with Crippen molar-refractivity contribution in [2.45, 2.75) is 13.1 Å². The van der Waals surface area contributed by atoms with Crippen LogP contribution in [0.5, 0.6) is 0 Å². The van der Waals surface area contributed by atoms with Crippen molar-refractivity contribution < 1.29 is 9.59 Å². The number of carbonyl (C=O) groups excluding carboxylic acids is 2. The highest BCUT2D eigenvalue weighted by molar-refractivity contribution is 5.95. The zero-order valence-corrected chi connectivity index (χ0v) is 14.6. The molecule has 0 saturated carbocycles. The van der Waals surface area contributed by atoms with Crippen molar-refractivity contribution in [3.05, 3.63) is 100 Å². The molecule has 1 aromatic heterocycles. The van der Waals surface area contributed by atoms with Crippen LogP contribution in [0.25, 0.3) is 0 Å². The van der Waals surface area contributed by atoms with Crippen molar-refractivity contribution in [1.82, 2.24) is 9.88 Å². The molecule has 2 N–H and O–H groups in total. The van der Waals surface area contributed by atoms with Crippen LogP contribution in [0.2, 0.25) is 0 Å². The molecule has 0 radical (unpaired) electrons. The number of anilines is 1. The SMILES string of the molecule is O=C(Cn1ccccc1=O)Nc1ccc(C(=O)NCc2ccccc2)cc1. The molecule has 6 nitrogen and oxygen atoms in total. The van der Waals surface area contributed by atoms with Gasteiger partial charge in [-0.25, -0.2) is 0 Å². The number of benzene rings is 2. The maximum atomic E-state index is 12.2. The van der Waals surface area contributed by atoms with Crippen LogP contribution in [-0.2, 0) is 17.9 Å². The zero-order chi connectivity index (χ0) is 19.1. The quantitative estimate of drug-likeness (QED) is 0.708. The number of hydrogen-bond donors (Lipinski definition) is 2. The molecule has 1 heterocycles. The van der Waals surface area contributed by atoms with Crippen LogP contribution >= 0.6 is 0 Å². The summed E-state index contributed by atoms with van der Waals surface area (Å²) in [4.78, 5) is 35.9. The lowest BCUT2D eigenvalue weighted by Crippen LogP contribution is -2.26. The Balaban J connectivity index is 1.55. The van der Waals surface area contributed by atoms with Crippen molar-refractivity contribution in [3.8, 4) is 0 Å². The second-order valence-corrected chi connectivity index (χ2v) is 5.96. The fraction of sp³-hybridized carbons (Fsp3) is 0.0952. The van der Waals surface area contributed by atoms with Gasteiger partial charge in [-0.3, -0.25) is 14.4 Å². The molecule has 0 aliphatic heterocycles. The summed E-state index contributed by atoms with van der Waals surface area (Å²) in [5, 5.41) is 5.56. The third-order valence-electron chi connectivity index (χ3n) is 3.94. The number of pyridine rings is 1. The van der Waals surface area contributed by atoms with Crippen LogP contribution < -0.4 is 16.2 Å². The second kappa shape index (κ2) is 8.62. The van der Waals surface area contributed by atoms with Crippen LogP contribution in [0.3, 0.4) is 0 Å². The molecule has 0 fully saturated rings. The highest BCUT2D eigenvalue weighted by Crippen LogP contribution is 2.10. The van der Waals surface area contributed by atoms with E-state index >= 15 is 0 Å². The van der Waals surface area contributed by atoms with Gasteiger partial charge in [-0.2, -0.15) is 0 Å². The second-order valence-electron chi connectivity index (χ2n) is 5.96. The molecule has 0 aliphatic rings. The van der Waals surface area contributed by atoms with Gasteiger partial charge in [-0.05, 0) is 35.9 Å². The Morgan fingerprint density at radius 1 is 0.852 bits per heavy atom. The van der Waals surface area contributed by atoms with Gasteiger partial charge >= 0.3 is 0 Å². The van der Waals surface area contributed by atoms with Crippen LogP contribution in [0.15, 0.2) is 83.8 Å². The summed E-state index contributed by atoms with van der Waals surface area (Å²) in [6.07, 6.45) is 1.56. The first-order valence-corrected chi connectivity index (χ1v) is 8.49. The Bertz CT molecular complexity index is 979. The molecule has 0 atom stereocenters. The lowest BCUT2D eigenvalue weighted by molar-refractivity contribution is -0.116. The number of nitrogens with zero attached hydrogens (tertiary/aromatic N) is 1. The fourth-order valence-electron chi connectivity index (χ4n) is 2.53. The molecule has 2 aromatic carbocycles. The predicted molar refractivity (Wildman–Crippen MR) is 103 cm³/mol. The Kier molecular flexibility index (Phi) is 5.79. The van der Waals surface area contributed by atoms with E-state index in [4.69, 9.17) is 0 Å². The summed E-state index contributed by atoms with van der Waals surface area (Å²) in [5.74, 6) is -0.503. The van der Waals surface area contributed by atoms with Gasteiger partial charge in [0.2, 0.25) is 5.91 Å². The number of nitrogens with one attached hydrogen (secondary N) is 2. The van der Waals surface area contributed by atoms with E-state index in [9.17, 15) is 14.4 Å². The first kappa shape index (κ1) is 18.1. The number of hydrogen-bond acceptors (Lipinski definition) is 3. The molecule has 0 saturated heterocycles. The Labute approximate surface area is 156 Å². The van der Waals surface area contributed by atoms with E-state index in [1.54, 1.807) is 42.6 Å². The number of carbonyl (C=O) groups is 2. The summed E-state index contributed by atoms with van der Waals surface area (Å²) in [6.45, 7) is 0.378. The van der Waals surface area contributed by atoms with Crippen LogP contribution in [0.1, 0.15) is 15.9 Å². The lowest BCUT2D eigenvalue weighted by atomic mass is 10.1. The number of rotatable bonds is 6. The van der Waals surface area contributed by atoms with Gasteiger partial charge in [-0.15, -0.1) is 0 Å². The van der Waals surface area contributed by atoms with Gasteiger partial charge in [0.1, 0.15) is 6.54 Å². The Hall–Kier alpha value is -3.67. The van der Waals surface area contributed by atoms with E-state index in [1.807, 2.05) is 30.3 Å². The average molecular weight is 361 g/mol. The Morgan fingerprint density at radius 3 is 2.26 bits per heavy atom. The molecule has 3 aromatic rings. The summed E-state index contributed by atoms with van der Waals surface area (Å²) in [6, 6.07) is 21.0.